The van der Waals surface area contributed by atoms with Gasteiger partial charge >= 0.3 is 5.97 Å². The SMILES string of the molecule is CC[C@@]1(O)C(=O)OCc2c1cc(CNC)[nH]c2=O. The molecule has 98 valence electrons. The van der Waals surface area contributed by atoms with Gasteiger partial charge < -0.3 is 20.1 Å². The van der Waals surface area contributed by atoms with Crippen LogP contribution < -0.4 is 10.9 Å². The minimum atomic E-state index is -1.72. The van der Waals surface area contributed by atoms with Crippen molar-refractivity contribution in [1.29, 1.82) is 0 Å². The van der Waals surface area contributed by atoms with E-state index in [0.29, 0.717) is 23.4 Å². The highest BCUT2D eigenvalue weighted by Crippen LogP contribution is 2.32. The number of hydrogen-bond acceptors (Lipinski definition) is 5. The Morgan fingerprint density at radius 3 is 2.89 bits per heavy atom. The number of aromatic nitrogens is 1. The van der Waals surface area contributed by atoms with Crippen LogP contribution in [0.1, 0.15) is 30.2 Å². The molecule has 0 amide bonds. The van der Waals surface area contributed by atoms with Crippen molar-refractivity contribution in [3.05, 3.63) is 33.2 Å². The quantitative estimate of drug-likeness (QED) is 0.645. The van der Waals surface area contributed by atoms with Gasteiger partial charge in [0, 0.05) is 17.8 Å². The number of aliphatic hydroxyl groups is 1. The lowest BCUT2D eigenvalue weighted by molar-refractivity contribution is -0.172. The topological polar surface area (TPSA) is 91.4 Å². The molecule has 6 nitrogen and oxygen atoms in total. The highest BCUT2D eigenvalue weighted by molar-refractivity contribution is 5.83. The average Bonchev–Trinajstić information content (AvgIpc) is 2.35. The lowest BCUT2D eigenvalue weighted by atomic mass is 9.86. The second-order valence-corrected chi connectivity index (χ2v) is 4.34. The molecule has 18 heavy (non-hydrogen) atoms. The van der Waals surface area contributed by atoms with Gasteiger partial charge in [0.05, 0.1) is 5.56 Å². The molecule has 0 spiro atoms. The summed E-state index contributed by atoms with van der Waals surface area (Å²) >= 11 is 0. The number of H-pyrrole nitrogens is 1. The highest BCUT2D eigenvalue weighted by atomic mass is 16.6. The molecule has 1 aromatic heterocycles. The molecule has 1 aliphatic heterocycles. The molecule has 2 rings (SSSR count). The standard InChI is InChI=1S/C12H16N2O4/c1-3-12(17)9-4-7(5-13-2)14-10(15)8(9)6-18-11(12)16/h4,13,17H,3,5-6H2,1-2H3,(H,14,15)/t12-/m0/s1. The summed E-state index contributed by atoms with van der Waals surface area (Å²) < 4.78 is 4.87. The van der Waals surface area contributed by atoms with E-state index in [1.165, 1.54) is 0 Å². The maximum absolute atomic E-state index is 11.9. The van der Waals surface area contributed by atoms with E-state index >= 15 is 0 Å². The van der Waals surface area contributed by atoms with Crippen LogP contribution in [0.15, 0.2) is 10.9 Å². The molecular formula is C12H16N2O4. The van der Waals surface area contributed by atoms with Crippen molar-refractivity contribution in [2.45, 2.75) is 32.1 Å². The summed E-state index contributed by atoms with van der Waals surface area (Å²) in [7, 11) is 1.75. The molecule has 2 heterocycles. The van der Waals surface area contributed by atoms with Gasteiger partial charge in [-0.05, 0) is 19.5 Å². The van der Waals surface area contributed by atoms with Crippen LogP contribution in [0, 0.1) is 0 Å². The maximum atomic E-state index is 11.9. The van der Waals surface area contributed by atoms with Gasteiger partial charge in [0.1, 0.15) is 6.61 Å². The zero-order chi connectivity index (χ0) is 13.3. The van der Waals surface area contributed by atoms with Crippen LogP contribution in [0.5, 0.6) is 0 Å². The van der Waals surface area contributed by atoms with Crippen molar-refractivity contribution in [2.75, 3.05) is 7.05 Å². The Kier molecular flexibility index (Phi) is 3.23. The van der Waals surface area contributed by atoms with Crippen molar-refractivity contribution in [1.82, 2.24) is 10.3 Å². The number of carbonyl (C=O) groups excluding carboxylic acids is 1. The first-order valence-electron chi connectivity index (χ1n) is 5.82. The summed E-state index contributed by atoms with van der Waals surface area (Å²) in [5.74, 6) is -0.696. The zero-order valence-corrected chi connectivity index (χ0v) is 10.4. The number of cyclic esters (lactones) is 1. The van der Waals surface area contributed by atoms with Gasteiger partial charge in [0.2, 0.25) is 0 Å². The third kappa shape index (κ3) is 1.83. The Morgan fingerprint density at radius 1 is 1.56 bits per heavy atom. The fourth-order valence-corrected chi connectivity index (χ4v) is 2.14. The highest BCUT2D eigenvalue weighted by Gasteiger charge is 2.44. The van der Waals surface area contributed by atoms with Gasteiger partial charge in [0.15, 0.2) is 5.60 Å². The van der Waals surface area contributed by atoms with Gasteiger partial charge in [0.25, 0.3) is 5.56 Å². The normalized spacial score (nSPS) is 22.5. The number of aromatic amines is 1. The van der Waals surface area contributed by atoms with E-state index in [4.69, 9.17) is 4.74 Å². The van der Waals surface area contributed by atoms with E-state index in [2.05, 4.69) is 10.3 Å². The van der Waals surface area contributed by atoms with Crippen LogP contribution in [0.2, 0.25) is 0 Å². The van der Waals surface area contributed by atoms with E-state index < -0.39 is 11.6 Å². The summed E-state index contributed by atoms with van der Waals surface area (Å²) in [6.45, 7) is 2.04. The monoisotopic (exact) mass is 252 g/mol. The first-order valence-corrected chi connectivity index (χ1v) is 5.82. The largest absolute Gasteiger partial charge is 0.458 e. The first-order chi connectivity index (χ1) is 8.52. The number of nitrogens with one attached hydrogen (secondary N) is 2. The van der Waals surface area contributed by atoms with Crippen molar-refractivity contribution in [3.8, 4) is 0 Å². The Hall–Kier alpha value is -1.66. The van der Waals surface area contributed by atoms with E-state index in [-0.39, 0.29) is 18.6 Å². The number of esters is 1. The number of rotatable bonds is 3. The van der Waals surface area contributed by atoms with Crippen LogP contribution in [0.4, 0.5) is 0 Å². The van der Waals surface area contributed by atoms with Gasteiger partial charge in [-0.15, -0.1) is 0 Å². The van der Waals surface area contributed by atoms with Gasteiger partial charge in [-0.2, -0.15) is 0 Å². The number of carbonyl (C=O) groups is 1. The number of pyridine rings is 1. The molecule has 3 N–H and O–H groups in total. The van der Waals surface area contributed by atoms with Crippen molar-refractivity contribution in [3.63, 3.8) is 0 Å². The molecule has 0 aromatic carbocycles. The van der Waals surface area contributed by atoms with Gasteiger partial charge in [-0.25, -0.2) is 4.79 Å². The maximum Gasteiger partial charge on any atom is 0.343 e. The summed E-state index contributed by atoms with van der Waals surface area (Å²) in [5, 5.41) is 13.3. The average molecular weight is 252 g/mol. The van der Waals surface area contributed by atoms with Crippen LogP contribution in [0.3, 0.4) is 0 Å². The smallest absolute Gasteiger partial charge is 0.343 e. The van der Waals surface area contributed by atoms with Crippen molar-refractivity contribution < 1.29 is 14.6 Å². The van der Waals surface area contributed by atoms with E-state index in [9.17, 15) is 14.7 Å². The minimum Gasteiger partial charge on any atom is -0.458 e. The molecular weight excluding hydrogens is 236 g/mol. The second-order valence-electron chi connectivity index (χ2n) is 4.34. The van der Waals surface area contributed by atoms with Gasteiger partial charge in [-0.1, -0.05) is 6.92 Å². The van der Waals surface area contributed by atoms with Crippen LogP contribution in [-0.4, -0.2) is 23.1 Å². The Morgan fingerprint density at radius 2 is 2.28 bits per heavy atom. The Labute approximate surface area is 104 Å². The summed E-state index contributed by atoms with van der Waals surface area (Å²) in [6, 6.07) is 1.65. The number of ether oxygens (including phenoxy) is 1. The summed E-state index contributed by atoms with van der Waals surface area (Å²) in [6.07, 6.45) is 0.168. The zero-order valence-electron chi connectivity index (χ0n) is 10.4. The molecule has 1 aliphatic rings. The third-order valence-electron chi connectivity index (χ3n) is 3.20. The fraction of sp³-hybridized carbons (Fsp3) is 0.500. The number of hydrogen-bond donors (Lipinski definition) is 3. The Balaban J connectivity index is 2.63. The second kappa shape index (κ2) is 4.55. The molecule has 0 saturated heterocycles. The van der Waals surface area contributed by atoms with Crippen LogP contribution >= 0.6 is 0 Å². The van der Waals surface area contributed by atoms with E-state index in [1.54, 1.807) is 20.0 Å². The lowest BCUT2D eigenvalue weighted by Crippen LogP contribution is -2.43. The molecule has 0 aliphatic carbocycles. The minimum absolute atomic E-state index is 0.0916. The Bertz CT molecular complexity index is 537. The molecule has 0 fully saturated rings. The first kappa shape index (κ1) is 12.8. The lowest BCUT2D eigenvalue weighted by Gasteiger charge is -2.31. The number of fused-ring (bicyclic) bond motifs is 1. The van der Waals surface area contributed by atoms with Crippen molar-refractivity contribution in [2.24, 2.45) is 0 Å². The summed E-state index contributed by atoms with van der Waals surface area (Å²) in [5.41, 5.74) is -0.737. The molecule has 1 aromatic rings. The predicted octanol–water partition coefficient (Wildman–Crippen LogP) is -0.251. The van der Waals surface area contributed by atoms with E-state index in [0.717, 1.165) is 0 Å². The third-order valence-corrected chi connectivity index (χ3v) is 3.20. The fourth-order valence-electron chi connectivity index (χ4n) is 2.14. The molecule has 0 radical (unpaired) electrons. The van der Waals surface area contributed by atoms with Gasteiger partial charge in [-0.3, -0.25) is 4.79 Å². The molecule has 1 atom stereocenters. The molecule has 6 heteroatoms. The van der Waals surface area contributed by atoms with E-state index in [1.807, 2.05) is 0 Å². The summed E-state index contributed by atoms with van der Waals surface area (Å²) in [4.78, 5) is 26.3. The van der Waals surface area contributed by atoms with Crippen LogP contribution in [-0.2, 0) is 28.3 Å². The van der Waals surface area contributed by atoms with Crippen LogP contribution in [0.25, 0.3) is 0 Å². The van der Waals surface area contributed by atoms with Crippen molar-refractivity contribution >= 4 is 5.97 Å². The molecule has 0 bridgehead atoms. The molecule has 0 unspecified atom stereocenters. The predicted molar refractivity (Wildman–Crippen MR) is 63.8 cm³/mol. The molecule has 0 saturated carbocycles.